The summed E-state index contributed by atoms with van der Waals surface area (Å²) in [7, 11) is 0. The summed E-state index contributed by atoms with van der Waals surface area (Å²) < 4.78 is 4.54. The lowest BCUT2D eigenvalue weighted by molar-refractivity contribution is 0.0444. The van der Waals surface area contributed by atoms with Crippen LogP contribution in [0.2, 0.25) is 0 Å². The quantitative estimate of drug-likeness (QED) is 0.476. The van der Waals surface area contributed by atoms with Crippen LogP contribution in [0.5, 0.6) is 0 Å². The Balaban J connectivity index is 2.49. The van der Waals surface area contributed by atoms with Crippen LogP contribution in [0, 0.1) is 12.1 Å². The van der Waals surface area contributed by atoms with E-state index in [1.165, 1.54) is 0 Å². The van der Waals surface area contributed by atoms with Crippen LogP contribution in [0.4, 0.5) is 0 Å². The van der Waals surface area contributed by atoms with Crippen LogP contribution in [-0.4, -0.2) is 11.9 Å². The van der Waals surface area contributed by atoms with E-state index in [1.54, 1.807) is 24.3 Å². The molecule has 3 rings (SSSR count). The van der Waals surface area contributed by atoms with Gasteiger partial charge < -0.3 is 4.74 Å². The van der Waals surface area contributed by atoms with Crippen molar-refractivity contribution in [2.24, 2.45) is 0 Å². The molecule has 0 amide bonds. The third kappa shape index (κ3) is 0.960. The molecule has 70 valence electrons. The van der Waals surface area contributed by atoms with Gasteiger partial charge in [-0.3, -0.25) is 0 Å². The third-order valence-electron chi connectivity index (χ3n) is 2.40. The number of benzene rings is 1. The Morgan fingerprint density at radius 3 is 2.80 bits per heavy atom. The van der Waals surface area contributed by atoms with Gasteiger partial charge in [-0.05, 0) is 24.3 Å². The molecule has 0 aromatic heterocycles. The Hall–Kier alpha value is -2.34. The molecule has 2 aromatic carbocycles. The van der Waals surface area contributed by atoms with Gasteiger partial charge >= 0.3 is 11.9 Å². The summed E-state index contributed by atoms with van der Waals surface area (Å²) in [5.41, 5.74) is 0.662. The molecular weight excluding hydrogens is 192 g/mol. The molecule has 0 unspecified atom stereocenters. The van der Waals surface area contributed by atoms with Crippen molar-refractivity contribution in [3.8, 4) is 0 Å². The van der Waals surface area contributed by atoms with Crippen LogP contribution in [-0.2, 0) is 4.74 Å². The van der Waals surface area contributed by atoms with E-state index < -0.39 is 11.9 Å². The average Bonchev–Trinajstić information content (AvgIpc) is 2.55. The zero-order valence-corrected chi connectivity index (χ0v) is 7.53. The van der Waals surface area contributed by atoms with Crippen molar-refractivity contribution < 1.29 is 14.3 Å². The minimum Gasteiger partial charge on any atom is -0.386 e. The fourth-order valence-corrected chi connectivity index (χ4v) is 1.73. The number of fused-ring (bicyclic) bond motifs is 3. The van der Waals surface area contributed by atoms with Gasteiger partial charge in [0.15, 0.2) is 0 Å². The van der Waals surface area contributed by atoms with E-state index in [4.69, 9.17) is 0 Å². The Morgan fingerprint density at radius 2 is 1.93 bits per heavy atom. The van der Waals surface area contributed by atoms with Crippen molar-refractivity contribution >= 4 is 22.7 Å². The van der Waals surface area contributed by atoms with E-state index in [0.717, 1.165) is 5.39 Å². The molecule has 0 atom stereocenters. The van der Waals surface area contributed by atoms with Crippen LogP contribution in [0.3, 0.4) is 0 Å². The van der Waals surface area contributed by atoms with Crippen LogP contribution < -0.4 is 0 Å². The topological polar surface area (TPSA) is 43.4 Å². The predicted octanol–water partition coefficient (Wildman–Crippen LogP) is 1.75. The first-order chi connectivity index (χ1) is 7.27. The third-order valence-corrected chi connectivity index (χ3v) is 2.40. The molecule has 0 aliphatic carbocycles. The number of ether oxygens (including phenoxy) is 1. The highest BCUT2D eigenvalue weighted by Crippen LogP contribution is 2.27. The van der Waals surface area contributed by atoms with Gasteiger partial charge in [0.1, 0.15) is 0 Å². The van der Waals surface area contributed by atoms with E-state index in [1.807, 2.05) is 0 Å². The van der Waals surface area contributed by atoms with E-state index in [2.05, 4.69) is 16.9 Å². The smallest absolute Gasteiger partial charge is 0.347 e. The van der Waals surface area contributed by atoms with Gasteiger partial charge in [0, 0.05) is 10.8 Å². The molecule has 0 bridgehead atoms. The summed E-state index contributed by atoms with van der Waals surface area (Å²) in [6, 6.07) is 12.3. The molecule has 0 saturated carbocycles. The molecule has 3 nitrogen and oxygen atoms in total. The number of hydrogen-bond donors (Lipinski definition) is 0. The second kappa shape index (κ2) is 2.58. The number of rotatable bonds is 0. The molecule has 1 heterocycles. The molecule has 0 saturated heterocycles. The molecule has 0 fully saturated rings. The molecule has 3 heteroatoms. The van der Waals surface area contributed by atoms with Crippen molar-refractivity contribution in [1.82, 2.24) is 0 Å². The number of hydrogen-bond acceptors (Lipinski definition) is 3. The lowest BCUT2D eigenvalue weighted by Gasteiger charge is -1.96. The molecule has 1 aliphatic heterocycles. The Labute approximate surface area is 85.3 Å². The second-order valence-electron chi connectivity index (χ2n) is 3.23. The predicted molar refractivity (Wildman–Crippen MR) is 51.4 cm³/mol. The van der Waals surface area contributed by atoms with E-state index in [9.17, 15) is 9.59 Å². The summed E-state index contributed by atoms with van der Waals surface area (Å²) in [5.74, 6) is -1.16. The highest BCUT2D eigenvalue weighted by molar-refractivity contribution is 6.20. The first-order valence-electron chi connectivity index (χ1n) is 4.39. The Bertz CT molecular complexity index is 599. The maximum absolute atomic E-state index is 11.4. The first kappa shape index (κ1) is 8.01. The standard InChI is InChI=1S/C12H4O3/c13-11-9-6-5-7-3-1-2-4-8(7)10(9)12(14)15-11/h2,4-6H. The number of cyclic esters (lactones) is 2. The van der Waals surface area contributed by atoms with Crippen LogP contribution in [0.1, 0.15) is 20.7 Å². The van der Waals surface area contributed by atoms with Crippen molar-refractivity contribution in [2.75, 3.05) is 0 Å². The van der Waals surface area contributed by atoms with Crippen LogP contribution in [0.25, 0.3) is 10.8 Å². The molecule has 0 radical (unpaired) electrons. The Morgan fingerprint density at radius 1 is 1.07 bits per heavy atom. The molecule has 1 aliphatic rings. The van der Waals surface area contributed by atoms with E-state index in [0.29, 0.717) is 16.5 Å². The van der Waals surface area contributed by atoms with Crippen molar-refractivity contribution in [1.29, 1.82) is 0 Å². The lowest BCUT2D eigenvalue weighted by Crippen LogP contribution is -1.97. The average molecular weight is 196 g/mol. The fraction of sp³-hybridized carbons (Fsp3) is 0. The van der Waals surface area contributed by atoms with E-state index in [-0.39, 0.29) is 0 Å². The lowest BCUT2D eigenvalue weighted by atomic mass is 10.0. The van der Waals surface area contributed by atoms with Gasteiger partial charge in [0.05, 0.1) is 11.1 Å². The van der Waals surface area contributed by atoms with Gasteiger partial charge in [0.25, 0.3) is 0 Å². The summed E-state index contributed by atoms with van der Waals surface area (Å²) in [4.78, 5) is 22.7. The highest BCUT2D eigenvalue weighted by atomic mass is 16.6. The molecule has 15 heavy (non-hydrogen) atoms. The SMILES string of the molecule is O=C1OC(=O)c2c1ccc1c#cccc21. The minimum atomic E-state index is -0.583. The van der Waals surface area contributed by atoms with Crippen LogP contribution >= 0.6 is 0 Å². The normalized spacial score (nSPS) is 13.6. The molecule has 0 spiro atoms. The molecule has 0 N–H and O–H groups in total. The summed E-state index contributed by atoms with van der Waals surface area (Å²) in [6.45, 7) is 0. The monoisotopic (exact) mass is 196 g/mol. The molecule has 2 aromatic rings. The zero-order chi connectivity index (χ0) is 10.4. The zero-order valence-electron chi connectivity index (χ0n) is 7.53. The van der Waals surface area contributed by atoms with E-state index >= 15 is 0 Å². The maximum atomic E-state index is 11.4. The summed E-state index contributed by atoms with van der Waals surface area (Å²) in [5, 5.41) is 1.44. The number of carbonyl (C=O) groups is 2. The van der Waals surface area contributed by atoms with Gasteiger partial charge in [0.2, 0.25) is 0 Å². The molecular formula is C12H4O3. The largest absolute Gasteiger partial charge is 0.386 e. The van der Waals surface area contributed by atoms with Gasteiger partial charge in [-0.25, -0.2) is 9.59 Å². The van der Waals surface area contributed by atoms with Gasteiger partial charge in [-0.1, -0.05) is 12.1 Å². The van der Waals surface area contributed by atoms with Gasteiger partial charge in [-0.2, -0.15) is 0 Å². The van der Waals surface area contributed by atoms with Crippen LogP contribution in [0.15, 0.2) is 24.3 Å². The van der Waals surface area contributed by atoms with Crippen molar-refractivity contribution in [2.45, 2.75) is 0 Å². The number of esters is 2. The van der Waals surface area contributed by atoms with Crippen molar-refractivity contribution in [3.63, 3.8) is 0 Å². The first-order valence-corrected chi connectivity index (χ1v) is 4.39. The second-order valence-corrected chi connectivity index (χ2v) is 3.23. The highest BCUT2D eigenvalue weighted by Gasteiger charge is 2.31. The maximum Gasteiger partial charge on any atom is 0.347 e. The van der Waals surface area contributed by atoms with Gasteiger partial charge in [-0.15, -0.1) is 0 Å². The minimum absolute atomic E-state index is 0.326. The fourth-order valence-electron chi connectivity index (χ4n) is 1.73. The summed E-state index contributed by atoms with van der Waals surface area (Å²) >= 11 is 0. The van der Waals surface area contributed by atoms with Crippen molar-refractivity contribution in [3.05, 3.63) is 47.5 Å². The summed E-state index contributed by atoms with van der Waals surface area (Å²) in [6.07, 6.45) is 0. The number of carbonyl (C=O) groups excluding carboxylic acids is 2. The Kier molecular flexibility index (Phi) is 1.38.